The van der Waals surface area contributed by atoms with Crippen molar-refractivity contribution < 1.29 is 4.42 Å². The van der Waals surface area contributed by atoms with Crippen LogP contribution in [0.25, 0.3) is 121 Å². The maximum atomic E-state index is 6.91. The average Bonchev–Trinajstić information content (AvgIpc) is 3.97. The molecule has 13 aromatic rings. The molecule has 0 amide bonds. The summed E-state index contributed by atoms with van der Waals surface area (Å²) in [7, 11) is 0. The van der Waals surface area contributed by atoms with E-state index in [1.54, 1.807) is 0 Å². The summed E-state index contributed by atoms with van der Waals surface area (Å²) in [6.45, 7) is 0. The summed E-state index contributed by atoms with van der Waals surface area (Å²) in [6, 6.07) is 69.0. The van der Waals surface area contributed by atoms with Gasteiger partial charge in [-0.25, -0.2) is 4.98 Å². The van der Waals surface area contributed by atoms with Crippen LogP contribution in [0.3, 0.4) is 0 Å². The molecule has 5 heteroatoms. The fourth-order valence-corrected chi connectivity index (χ4v) is 9.57. The molecule has 5 nitrogen and oxygen atoms in total. The van der Waals surface area contributed by atoms with Crippen LogP contribution in [0.15, 0.2) is 199 Å². The van der Waals surface area contributed by atoms with Gasteiger partial charge < -0.3 is 8.98 Å². The predicted molar refractivity (Wildman–Crippen MR) is 244 cm³/mol. The van der Waals surface area contributed by atoms with Crippen LogP contribution in [0.1, 0.15) is 0 Å². The fourth-order valence-electron chi connectivity index (χ4n) is 9.57. The van der Waals surface area contributed by atoms with Crippen LogP contribution in [0.2, 0.25) is 0 Å². The monoisotopic (exact) mass is 752 g/mol. The van der Waals surface area contributed by atoms with Crippen LogP contribution in [0, 0.1) is 0 Å². The van der Waals surface area contributed by atoms with Gasteiger partial charge in [-0.05, 0) is 75.8 Å². The van der Waals surface area contributed by atoms with Crippen molar-refractivity contribution in [1.82, 2.24) is 19.1 Å². The minimum Gasteiger partial charge on any atom is -0.437 e. The van der Waals surface area contributed by atoms with Crippen molar-refractivity contribution in [2.45, 2.75) is 0 Å². The minimum atomic E-state index is 0.566. The highest BCUT2D eigenvalue weighted by Gasteiger charge is 2.24. The van der Waals surface area contributed by atoms with Gasteiger partial charge in [0.1, 0.15) is 5.58 Å². The normalized spacial score (nSPS) is 12.1. The van der Waals surface area contributed by atoms with Crippen molar-refractivity contribution in [3.05, 3.63) is 194 Å². The molecule has 274 valence electrons. The van der Waals surface area contributed by atoms with E-state index in [9.17, 15) is 0 Å². The maximum Gasteiger partial charge on any atom is 0.238 e. The first kappa shape index (κ1) is 32.1. The van der Waals surface area contributed by atoms with E-state index in [4.69, 9.17) is 14.4 Å². The second kappa shape index (κ2) is 12.2. The molecule has 4 heterocycles. The lowest BCUT2D eigenvalue weighted by atomic mass is 9.96. The van der Waals surface area contributed by atoms with E-state index in [2.05, 4.69) is 197 Å². The van der Waals surface area contributed by atoms with Gasteiger partial charge in [0, 0.05) is 43.6 Å². The minimum absolute atomic E-state index is 0.566. The topological polar surface area (TPSA) is 48.8 Å². The van der Waals surface area contributed by atoms with Gasteiger partial charge in [0.25, 0.3) is 0 Å². The Kier molecular flexibility index (Phi) is 6.66. The summed E-state index contributed by atoms with van der Waals surface area (Å²) in [5.41, 5.74) is 11.2. The third-order valence-electron chi connectivity index (χ3n) is 12.1. The molecule has 0 fully saturated rings. The van der Waals surface area contributed by atoms with Crippen molar-refractivity contribution >= 4 is 87.2 Å². The van der Waals surface area contributed by atoms with Crippen molar-refractivity contribution in [2.75, 3.05) is 0 Å². The Balaban J connectivity index is 1.05. The van der Waals surface area contributed by atoms with E-state index in [0.29, 0.717) is 11.7 Å². The molecular weight excluding hydrogens is 721 g/mol. The van der Waals surface area contributed by atoms with Gasteiger partial charge in [0.2, 0.25) is 11.7 Å². The Hall–Kier alpha value is -8.02. The lowest BCUT2D eigenvalue weighted by Gasteiger charge is -2.11. The van der Waals surface area contributed by atoms with Crippen LogP contribution in [0.4, 0.5) is 0 Å². The van der Waals surface area contributed by atoms with Gasteiger partial charge in [-0.2, -0.15) is 4.98 Å². The largest absolute Gasteiger partial charge is 0.437 e. The van der Waals surface area contributed by atoms with Crippen molar-refractivity contribution in [1.29, 1.82) is 0 Å². The molecule has 0 atom stereocenters. The number of nitrogens with zero attached hydrogens (tertiary/aromatic N) is 4. The number of hydrogen-bond acceptors (Lipinski definition) is 3. The van der Waals surface area contributed by atoms with Crippen LogP contribution in [-0.4, -0.2) is 19.1 Å². The molecule has 0 N–H and O–H groups in total. The molecule has 0 saturated heterocycles. The zero-order valence-corrected chi connectivity index (χ0v) is 31.7. The highest BCUT2D eigenvalue weighted by molar-refractivity contribution is 6.31. The molecular formula is C54H32N4O. The number of furan rings is 1. The number of aromatic nitrogens is 4. The molecule has 0 saturated carbocycles. The number of hydrogen-bond donors (Lipinski definition) is 0. The van der Waals surface area contributed by atoms with Gasteiger partial charge >= 0.3 is 0 Å². The van der Waals surface area contributed by atoms with Gasteiger partial charge in [-0.3, -0.25) is 4.57 Å². The second-order valence-corrected chi connectivity index (χ2v) is 15.3. The Morgan fingerprint density at radius 3 is 1.49 bits per heavy atom. The number of benzene rings is 9. The van der Waals surface area contributed by atoms with E-state index in [1.807, 2.05) is 6.07 Å². The number of para-hydroxylation sites is 3. The Labute approximate surface area is 337 Å². The summed E-state index contributed by atoms with van der Waals surface area (Å²) in [5, 5.41) is 11.2. The molecule has 0 aliphatic carbocycles. The molecule has 0 aliphatic rings. The Morgan fingerprint density at radius 2 is 0.831 bits per heavy atom. The summed E-state index contributed by atoms with van der Waals surface area (Å²) < 4.78 is 11.5. The fraction of sp³-hybridized carbons (Fsp3) is 0. The van der Waals surface area contributed by atoms with E-state index >= 15 is 0 Å². The third kappa shape index (κ3) is 4.61. The highest BCUT2D eigenvalue weighted by atomic mass is 16.3. The summed E-state index contributed by atoms with van der Waals surface area (Å²) in [4.78, 5) is 10.8. The SMILES string of the molecule is c1ccc(-c2nc(-n3c4ccccc4c4cc(-c5ccc6c(c5)c5ccccc5n6-c5ccccc5)ccc43)nc3oc4c5ccccc5c5ccccc5c4c23)cc1. The van der Waals surface area contributed by atoms with E-state index in [1.165, 1.54) is 27.2 Å². The molecule has 0 spiro atoms. The Morgan fingerprint density at radius 1 is 0.339 bits per heavy atom. The molecule has 13 rings (SSSR count). The summed E-state index contributed by atoms with van der Waals surface area (Å²) in [5.74, 6) is 0.568. The smallest absolute Gasteiger partial charge is 0.238 e. The van der Waals surface area contributed by atoms with Gasteiger partial charge in [-0.1, -0.05) is 146 Å². The van der Waals surface area contributed by atoms with Crippen molar-refractivity contribution in [2.24, 2.45) is 0 Å². The number of rotatable bonds is 4. The zero-order valence-electron chi connectivity index (χ0n) is 31.7. The maximum absolute atomic E-state index is 6.91. The predicted octanol–water partition coefficient (Wildman–Crippen LogP) is 14.2. The van der Waals surface area contributed by atoms with Gasteiger partial charge in [0.15, 0.2) is 0 Å². The van der Waals surface area contributed by atoms with Crippen molar-refractivity contribution in [3.8, 4) is 34.0 Å². The molecule has 0 radical (unpaired) electrons. The van der Waals surface area contributed by atoms with Crippen LogP contribution < -0.4 is 0 Å². The molecule has 0 unspecified atom stereocenters. The first-order valence-electron chi connectivity index (χ1n) is 20.0. The third-order valence-corrected chi connectivity index (χ3v) is 12.1. The van der Waals surface area contributed by atoms with Gasteiger partial charge in [0.05, 0.1) is 33.1 Å². The van der Waals surface area contributed by atoms with Crippen LogP contribution in [0.5, 0.6) is 0 Å². The first-order valence-corrected chi connectivity index (χ1v) is 20.0. The summed E-state index contributed by atoms with van der Waals surface area (Å²) in [6.07, 6.45) is 0. The molecule has 59 heavy (non-hydrogen) atoms. The molecule has 4 aromatic heterocycles. The Bertz CT molecular complexity index is 3840. The van der Waals surface area contributed by atoms with Crippen molar-refractivity contribution in [3.63, 3.8) is 0 Å². The average molecular weight is 753 g/mol. The van der Waals surface area contributed by atoms with E-state index in [-0.39, 0.29) is 0 Å². The standard InChI is InChI=1S/C54H32N4O/c1-3-15-33(16-4-1)51-50-49-41-23-9-7-19-37(41)38-20-8-10-24-42(38)52(49)59-53(50)56-54(55-51)58-46-26-14-12-22-40(46)44-32-35(28-30-48(44)58)34-27-29-47-43(31-34)39-21-11-13-25-45(39)57(47)36-17-5-2-6-18-36/h1-32H. The summed E-state index contributed by atoms with van der Waals surface area (Å²) >= 11 is 0. The quantitative estimate of drug-likeness (QED) is 0.168. The zero-order chi connectivity index (χ0) is 38.6. The highest BCUT2D eigenvalue weighted by Crippen LogP contribution is 2.44. The molecule has 0 aliphatic heterocycles. The van der Waals surface area contributed by atoms with E-state index < -0.39 is 0 Å². The lowest BCUT2D eigenvalue weighted by molar-refractivity contribution is 0.655. The first-order chi connectivity index (χ1) is 29.3. The van der Waals surface area contributed by atoms with Crippen LogP contribution >= 0.6 is 0 Å². The molecule has 9 aromatic carbocycles. The second-order valence-electron chi connectivity index (χ2n) is 15.3. The van der Waals surface area contributed by atoms with Gasteiger partial charge in [-0.15, -0.1) is 0 Å². The number of fused-ring (bicyclic) bond motifs is 14. The van der Waals surface area contributed by atoms with E-state index in [0.717, 1.165) is 82.4 Å². The van der Waals surface area contributed by atoms with Crippen LogP contribution in [-0.2, 0) is 0 Å². The lowest BCUT2D eigenvalue weighted by Crippen LogP contribution is -2.02. The molecule has 0 bridgehead atoms.